The van der Waals surface area contributed by atoms with E-state index in [9.17, 15) is 0 Å². The Morgan fingerprint density at radius 3 is 2.50 bits per heavy atom. The molecule has 0 aliphatic heterocycles. The molecular weight excluding hydrogens is 242 g/mol. The van der Waals surface area contributed by atoms with Gasteiger partial charge in [-0.3, -0.25) is 0 Å². The van der Waals surface area contributed by atoms with E-state index in [1.807, 2.05) is 11.8 Å². The molecule has 2 N–H and O–H groups in total. The van der Waals surface area contributed by atoms with Crippen LogP contribution in [0.15, 0.2) is 17.0 Å². The molecule has 1 saturated carbocycles. The van der Waals surface area contributed by atoms with Gasteiger partial charge < -0.3 is 10.5 Å². The molecule has 18 heavy (non-hydrogen) atoms. The highest BCUT2D eigenvalue weighted by Crippen LogP contribution is 2.47. The van der Waals surface area contributed by atoms with Crippen molar-refractivity contribution in [2.75, 3.05) is 19.9 Å². The normalized spacial score (nSPS) is 17.3. The first kappa shape index (κ1) is 13.8. The third-order valence-electron chi connectivity index (χ3n) is 4.26. The van der Waals surface area contributed by atoms with E-state index >= 15 is 0 Å². The summed E-state index contributed by atoms with van der Waals surface area (Å²) in [5, 5.41) is 0. The molecule has 2 rings (SSSR count). The summed E-state index contributed by atoms with van der Waals surface area (Å²) in [6.45, 7) is 2.92. The van der Waals surface area contributed by atoms with E-state index in [0.29, 0.717) is 0 Å². The maximum Gasteiger partial charge on any atom is 0.123 e. The number of hydrogen-bond acceptors (Lipinski definition) is 3. The first-order valence-electron chi connectivity index (χ1n) is 6.66. The van der Waals surface area contributed by atoms with Gasteiger partial charge in [0.25, 0.3) is 0 Å². The lowest BCUT2D eigenvalue weighted by atomic mass is 9.64. The van der Waals surface area contributed by atoms with Crippen LogP contribution in [0.3, 0.4) is 0 Å². The largest absolute Gasteiger partial charge is 0.496 e. The Labute approximate surface area is 114 Å². The molecule has 0 unspecified atom stereocenters. The summed E-state index contributed by atoms with van der Waals surface area (Å²) in [7, 11) is 1.76. The van der Waals surface area contributed by atoms with Crippen molar-refractivity contribution in [1.82, 2.24) is 0 Å². The molecule has 3 heteroatoms. The zero-order valence-electron chi connectivity index (χ0n) is 11.6. The third-order valence-corrected chi connectivity index (χ3v) is 5.08. The number of nitrogens with two attached hydrogens (primary N) is 1. The Balaban J connectivity index is 2.51. The Kier molecular flexibility index (Phi) is 4.23. The lowest BCUT2D eigenvalue weighted by Crippen LogP contribution is -2.41. The molecule has 0 aromatic heterocycles. The van der Waals surface area contributed by atoms with Gasteiger partial charge in [0, 0.05) is 22.4 Å². The molecule has 0 heterocycles. The second-order valence-electron chi connectivity index (χ2n) is 5.06. The predicted molar refractivity (Wildman–Crippen MR) is 78.7 cm³/mol. The van der Waals surface area contributed by atoms with Crippen LogP contribution in [-0.4, -0.2) is 19.9 Å². The van der Waals surface area contributed by atoms with Crippen LogP contribution in [0.1, 0.15) is 37.3 Å². The Morgan fingerprint density at radius 2 is 2.11 bits per heavy atom. The topological polar surface area (TPSA) is 35.2 Å². The van der Waals surface area contributed by atoms with Gasteiger partial charge in [0.2, 0.25) is 0 Å². The van der Waals surface area contributed by atoms with E-state index in [0.717, 1.165) is 18.7 Å². The minimum Gasteiger partial charge on any atom is -0.496 e. The Hall–Kier alpha value is -0.670. The predicted octanol–water partition coefficient (Wildman–Crippen LogP) is 3.36. The lowest BCUT2D eigenvalue weighted by Gasteiger charge is -2.42. The van der Waals surface area contributed by atoms with Crippen LogP contribution < -0.4 is 10.5 Å². The summed E-state index contributed by atoms with van der Waals surface area (Å²) in [5.41, 5.74) is 8.88. The first-order chi connectivity index (χ1) is 8.70. The summed E-state index contributed by atoms with van der Waals surface area (Å²) in [4.78, 5) is 1.37. The zero-order valence-corrected chi connectivity index (χ0v) is 12.4. The molecule has 0 atom stereocenters. The smallest absolute Gasteiger partial charge is 0.123 e. The minimum atomic E-state index is 0.169. The molecule has 0 spiro atoms. The number of benzene rings is 1. The highest BCUT2D eigenvalue weighted by Gasteiger charge is 2.39. The maximum atomic E-state index is 6.02. The molecule has 2 nitrogen and oxygen atoms in total. The van der Waals surface area contributed by atoms with Gasteiger partial charge in [0.05, 0.1) is 7.11 Å². The van der Waals surface area contributed by atoms with Crippen molar-refractivity contribution in [3.05, 3.63) is 23.3 Å². The van der Waals surface area contributed by atoms with E-state index in [-0.39, 0.29) is 5.41 Å². The molecule has 1 fully saturated rings. The van der Waals surface area contributed by atoms with E-state index in [1.54, 1.807) is 7.11 Å². The molecule has 0 radical (unpaired) electrons. The number of thioether (sulfide) groups is 1. The molecule has 0 saturated heterocycles. The van der Waals surface area contributed by atoms with Gasteiger partial charge in [0.1, 0.15) is 5.75 Å². The van der Waals surface area contributed by atoms with Crippen LogP contribution in [0.25, 0.3) is 0 Å². The fourth-order valence-electron chi connectivity index (χ4n) is 2.84. The molecule has 100 valence electrons. The van der Waals surface area contributed by atoms with Crippen LogP contribution in [0.4, 0.5) is 0 Å². The Morgan fingerprint density at radius 1 is 1.39 bits per heavy atom. The number of hydrogen-bond donors (Lipinski definition) is 1. The van der Waals surface area contributed by atoms with Gasteiger partial charge >= 0.3 is 0 Å². The lowest BCUT2D eigenvalue weighted by molar-refractivity contribution is 0.243. The van der Waals surface area contributed by atoms with Crippen molar-refractivity contribution in [2.45, 2.75) is 42.9 Å². The molecule has 1 aromatic carbocycles. The fourth-order valence-corrected chi connectivity index (χ4v) is 3.54. The number of methoxy groups -OCH3 is 1. The first-order valence-corrected chi connectivity index (χ1v) is 7.88. The van der Waals surface area contributed by atoms with Crippen molar-refractivity contribution in [2.24, 2.45) is 5.73 Å². The molecule has 1 aliphatic carbocycles. The number of ether oxygens (including phenoxy) is 1. The van der Waals surface area contributed by atoms with Gasteiger partial charge in [-0.2, -0.15) is 0 Å². The van der Waals surface area contributed by atoms with Gasteiger partial charge in [-0.15, -0.1) is 11.8 Å². The van der Waals surface area contributed by atoms with E-state index in [4.69, 9.17) is 10.5 Å². The van der Waals surface area contributed by atoms with Crippen LogP contribution >= 0.6 is 11.8 Å². The van der Waals surface area contributed by atoms with E-state index in [2.05, 4.69) is 25.3 Å². The van der Waals surface area contributed by atoms with Gasteiger partial charge in [0.15, 0.2) is 0 Å². The Bertz CT molecular complexity index is 421. The highest BCUT2D eigenvalue weighted by molar-refractivity contribution is 7.98. The highest BCUT2D eigenvalue weighted by atomic mass is 32.2. The second-order valence-corrected chi connectivity index (χ2v) is 5.90. The van der Waals surface area contributed by atoms with Crippen molar-refractivity contribution in [1.29, 1.82) is 0 Å². The second kappa shape index (κ2) is 5.54. The van der Waals surface area contributed by atoms with Crippen molar-refractivity contribution >= 4 is 11.8 Å². The van der Waals surface area contributed by atoms with E-state index in [1.165, 1.54) is 35.3 Å². The van der Waals surface area contributed by atoms with Crippen molar-refractivity contribution in [3.8, 4) is 5.75 Å². The quantitative estimate of drug-likeness (QED) is 0.829. The summed E-state index contributed by atoms with van der Waals surface area (Å²) >= 11 is 1.82. The maximum absolute atomic E-state index is 6.02. The van der Waals surface area contributed by atoms with Crippen molar-refractivity contribution in [3.63, 3.8) is 0 Å². The number of aryl methyl sites for hydroxylation is 1. The molecule has 0 amide bonds. The van der Waals surface area contributed by atoms with E-state index < -0.39 is 0 Å². The van der Waals surface area contributed by atoms with Crippen LogP contribution in [0.2, 0.25) is 0 Å². The third kappa shape index (κ3) is 2.14. The van der Waals surface area contributed by atoms with Gasteiger partial charge in [-0.05, 0) is 43.2 Å². The standard InChI is InChI=1S/C15H23NOS/c1-4-11-8-13(17-2)12(9-14(11)18-3)15(10-16)6-5-7-15/h8-9H,4-7,10,16H2,1-3H3. The summed E-state index contributed by atoms with van der Waals surface area (Å²) in [6, 6.07) is 4.52. The van der Waals surface area contributed by atoms with Crippen molar-refractivity contribution < 1.29 is 4.74 Å². The molecular formula is C15H23NOS. The van der Waals surface area contributed by atoms with Gasteiger partial charge in [-0.1, -0.05) is 13.3 Å². The zero-order chi connectivity index (χ0) is 13.2. The molecule has 0 bridgehead atoms. The van der Waals surface area contributed by atoms with Crippen LogP contribution in [0.5, 0.6) is 5.75 Å². The van der Waals surface area contributed by atoms with Crippen LogP contribution in [0, 0.1) is 0 Å². The SMILES string of the molecule is CCc1cc(OC)c(C2(CN)CCC2)cc1SC. The minimum absolute atomic E-state index is 0.169. The molecule has 1 aliphatic rings. The summed E-state index contributed by atoms with van der Waals surface area (Å²) in [5.74, 6) is 1.02. The molecule has 1 aromatic rings. The van der Waals surface area contributed by atoms with Crippen LogP contribution in [-0.2, 0) is 11.8 Å². The fraction of sp³-hybridized carbons (Fsp3) is 0.600. The number of rotatable bonds is 5. The summed E-state index contributed by atoms with van der Waals surface area (Å²) < 4.78 is 5.61. The average molecular weight is 265 g/mol. The monoisotopic (exact) mass is 265 g/mol. The average Bonchev–Trinajstić information content (AvgIpc) is 2.37. The summed E-state index contributed by atoms with van der Waals surface area (Å²) in [6.07, 6.45) is 6.85. The van der Waals surface area contributed by atoms with Gasteiger partial charge in [-0.25, -0.2) is 0 Å².